The van der Waals surface area contributed by atoms with E-state index in [1.807, 2.05) is 12.1 Å². The second-order valence-corrected chi connectivity index (χ2v) is 9.11. The van der Waals surface area contributed by atoms with Gasteiger partial charge >= 0.3 is 0 Å². The van der Waals surface area contributed by atoms with Crippen molar-refractivity contribution in [3.63, 3.8) is 0 Å². The molecular weight excluding hydrogens is 503 g/mol. The van der Waals surface area contributed by atoms with Crippen molar-refractivity contribution >= 4 is 55.7 Å². The fourth-order valence-electron chi connectivity index (χ4n) is 4.87. The van der Waals surface area contributed by atoms with Crippen LogP contribution in [0.5, 0.6) is 5.75 Å². The van der Waals surface area contributed by atoms with E-state index in [9.17, 15) is 10.1 Å². The average molecular weight is 524 g/mol. The Morgan fingerprint density at radius 3 is 2.48 bits per heavy atom. The van der Waals surface area contributed by atoms with E-state index in [0.29, 0.717) is 6.61 Å². The zero-order valence-electron chi connectivity index (χ0n) is 17.5. The third-order valence-electron chi connectivity index (χ3n) is 6.19. The molecule has 156 valence electrons. The summed E-state index contributed by atoms with van der Waals surface area (Å²) in [6.45, 7) is 7.84. The number of non-ortho nitro benzene ring substituents is 1. The first-order valence-corrected chi connectivity index (χ1v) is 11.3. The second-order valence-electron chi connectivity index (χ2n) is 7.81. The van der Waals surface area contributed by atoms with Gasteiger partial charge in [0.2, 0.25) is 0 Å². The van der Waals surface area contributed by atoms with Crippen LogP contribution in [-0.2, 0) is 6.54 Å². The maximum absolute atomic E-state index is 11.1. The molecule has 0 unspecified atom stereocenters. The summed E-state index contributed by atoms with van der Waals surface area (Å²) in [5.74, 6) is 0.915. The predicted molar refractivity (Wildman–Crippen MR) is 133 cm³/mol. The minimum absolute atomic E-state index is 0.0982. The van der Waals surface area contributed by atoms with Crippen molar-refractivity contribution in [2.24, 2.45) is 0 Å². The number of nitrogens with zero attached hydrogens (tertiary/aromatic N) is 2. The van der Waals surface area contributed by atoms with Crippen LogP contribution in [0.1, 0.15) is 29.2 Å². The number of ether oxygens (including phenoxy) is 1. The summed E-state index contributed by atoms with van der Waals surface area (Å²) in [4.78, 5) is 10.8. The molecule has 0 saturated heterocycles. The van der Waals surface area contributed by atoms with Crippen LogP contribution in [0.4, 0.5) is 5.69 Å². The predicted octanol–water partition coefficient (Wildman–Crippen LogP) is 6.93. The van der Waals surface area contributed by atoms with Crippen molar-refractivity contribution in [1.82, 2.24) is 4.57 Å². The maximum atomic E-state index is 11.1. The molecule has 5 nitrogen and oxygen atoms in total. The summed E-state index contributed by atoms with van der Waals surface area (Å²) in [5.41, 5.74) is 8.04. The number of halogens is 1. The number of nitro groups is 1. The number of para-hydroxylation sites is 1. The van der Waals surface area contributed by atoms with Gasteiger partial charge in [0, 0.05) is 55.2 Å². The van der Waals surface area contributed by atoms with Gasteiger partial charge in [-0.2, -0.15) is 0 Å². The van der Waals surface area contributed by atoms with Crippen molar-refractivity contribution in [1.29, 1.82) is 0 Å². The average Bonchev–Trinajstić information content (AvgIpc) is 3.12. The molecule has 2 heterocycles. The number of aryl methyl sites for hydroxylation is 3. The van der Waals surface area contributed by atoms with E-state index in [1.54, 1.807) is 12.1 Å². The van der Waals surface area contributed by atoms with Crippen LogP contribution in [0.3, 0.4) is 0 Å². The van der Waals surface area contributed by atoms with Gasteiger partial charge in [0.25, 0.3) is 5.69 Å². The Bertz CT molecular complexity index is 1410. The third kappa shape index (κ3) is 2.88. The van der Waals surface area contributed by atoms with Gasteiger partial charge in [-0.25, -0.2) is 0 Å². The molecule has 0 N–H and O–H groups in total. The number of benzene rings is 3. The van der Waals surface area contributed by atoms with Crippen molar-refractivity contribution in [2.75, 3.05) is 6.61 Å². The van der Waals surface area contributed by atoms with Crippen LogP contribution in [0.25, 0.3) is 27.4 Å². The quantitative estimate of drug-likeness (QED) is 0.166. The molecule has 1 aliphatic heterocycles. The molecule has 0 atom stereocenters. The Morgan fingerprint density at radius 1 is 1.10 bits per heavy atom. The van der Waals surface area contributed by atoms with Crippen molar-refractivity contribution in [3.8, 4) is 5.75 Å². The Balaban J connectivity index is 1.87. The van der Waals surface area contributed by atoms with E-state index in [2.05, 4.69) is 72.2 Å². The SMILES string of the molecule is CCn1c2ccccc2c2c(C)c3c(c(C)c21)C(c1ccc([N+](=O)[O-])cc1)=C(I)CO3. The standard InChI is InChI=1S/C25H21IN2O3/c1-4-27-20-8-6-5-7-18(20)21-15(3)25-22(14(2)24(21)27)23(19(26)13-31-25)16-9-11-17(12-10-16)28(29)30/h5-12H,4,13H2,1-3H3. The first kappa shape index (κ1) is 20.1. The molecule has 1 aromatic heterocycles. The first-order valence-electron chi connectivity index (χ1n) is 10.2. The normalized spacial score (nSPS) is 13.5. The lowest BCUT2D eigenvalue weighted by Gasteiger charge is -2.26. The third-order valence-corrected chi connectivity index (χ3v) is 7.04. The molecule has 4 aromatic rings. The van der Waals surface area contributed by atoms with Crippen LogP contribution in [-0.4, -0.2) is 16.1 Å². The summed E-state index contributed by atoms with van der Waals surface area (Å²) < 4.78 is 9.75. The highest BCUT2D eigenvalue weighted by atomic mass is 127. The van der Waals surface area contributed by atoms with Crippen LogP contribution >= 0.6 is 22.6 Å². The van der Waals surface area contributed by atoms with Gasteiger partial charge in [-0.3, -0.25) is 10.1 Å². The zero-order valence-corrected chi connectivity index (χ0v) is 19.7. The monoisotopic (exact) mass is 524 g/mol. The molecule has 5 rings (SSSR count). The summed E-state index contributed by atoms with van der Waals surface area (Å²) in [6.07, 6.45) is 0. The van der Waals surface area contributed by atoms with E-state index in [-0.39, 0.29) is 10.6 Å². The topological polar surface area (TPSA) is 57.3 Å². The molecular formula is C25H21IN2O3. The molecule has 6 heteroatoms. The fourth-order valence-corrected chi connectivity index (χ4v) is 5.60. The highest BCUT2D eigenvalue weighted by molar-refractivity contribution is 14.1. The van der Waals surface area contributed by atoms with Crippen LogP contribution < -0.4 is 4.74 Å². The minimum atomic E-state index is -0.361. The highest BCUT2D eigenvalue weighted by Crippen LogP contribution is 2.48. The first-order chi connectivity index (χ1) is 14.9. The number of aromatic nitrogens is 1. The van der Waals surface area contributed by atoms with E-state index in [1.165, 1.54) is 27.4 Å². The number of fused-ring (bicyclic) bond motifs is 4. The van der Waals surface area contributed by atoms with E-state index < -0.39 is 0 Å². The Kier molecular flexibility index (Phi) is 4.77. The van der Waals surface area contributed by atoms with Gasteiger partial charge in [-0.05, 0) is 72.7 Å². The lowest BCUT2D eigenvalue weighted by molar-refractivity contribution is -0.384. The Labute approximate surface area is 193 Å². The van der Waals surface area contributed by atoms with Crippen LogP contribution in [0, 0.1) is 24.0 Å². The summed E-state index contributed by atoms with van der Waals surface area (Å²) in [5, 5.41) is 13.6. The van der Waals surface area contributed by atoms with Crippen LogP contribution in [0.2, 0.25) is 0 Å². The van der Waals surface area contributed by atoms with Gasteiger partial charge < -0.3 is 9.30 Å². The molecule has 0 amide bonds. The van der Waals surface area contributed by atoms with E-state index in [4.69, 9.17) is 4.74 Å². The van der Waals surface area contributed by atoms with Crippen LogP contribution in [0.15, 0.2) is 52.1 Å². The molecule has 0 bridgehead atoms. The Hall–Kier alpha value is -2.87. The molecule has 0 aliphatic carbocycles. The maximum Gasteiger partial charge on any atom is 0.269 e. The van der Waals surface area contributed by atoms with Crippen molar-refractivity contribution in [3.05, 3.63) is 84.5 Å². The lowest BCUT2D eigenvalue weighted by atomic mass is 9.88. The molecule has 0 spiro atoms. The lowest BCUT2D eigenvalue weighted by Crippen LogP contribution is -2.12. The van der Waals surface area contributed by atoms with E-state index >= 15 is 0 Å². The Morgan fingerprint density at radius 2 is 1.81 bits per heavy atom. The molecule has 1 aliphatic rings. The molecule has 3 aromatic carbocycles. The van der Waals surface area contributed by atoms with Gasteiger partial charge in [0.15, 0.2) is 0 Å². The summed E-state index contributed by atoms with van der Waals surface area (Å²) >= 11 is 2.34. The van der Waals surface area contributed by atoms with Crippen molar-refractivity contribution in [2.45, 2.75) is 27.3 Å². The molecule has 0 saturated carbocycles. The number of rotatable bonds is 3. The highest BCUT2D eigenvalue weighted by Gasteiger charge is 2.28. The number of hydrogen-bond acceptors (Lipinski definition) is 3. The second kappa shape index (κ2) is 7.37. The summed E-state index contributed by atoms with van der Waals surface area (Å²) in [7, 11) is 0. The molecule has 31 heavy (non-hydrogen) atoms. The van der Waals surface area contributed by atoms with Gasteiger partial charge in [0.1, 0.15) is 12.4 Å². The van der Waals surface area contributed by atoms with Gasteiger partial charge in [0.05, 0.1) is 10.4 Å². The smallest absolute Gasteiger partial charge is 0.269 e. The van der Waals surface area contributed by atoms with Gasteiger partial charge in [-0.15, -0.1) is 0 Å². The van der Waals surface area contributed by atoms with Crippen molar-refractivity contribution < 1.29 is 9.66 Å². The minimum Gasteiger partial charge on any atom is -0.487 e. The molecule has 0 fully saturated rings. The number of hydrogen-bond donors (Lipinski definition) is 0. The molecule has 0 radical (unpaired) electrons. The van der Waals surface area contributed by atoms with E-state index in [0.717, 1.165) is 38.1 Å². The summed E-state index contributed by atoms with van der Waals surface area (Å²) in [6, 6.07) is 15.4. The van der Waals surface area contributed by atoms with Gasteiger partial charge in [-0.1, -0.05) is 18.2 Å². The largest absolute Gasteiger partial charge is 0.487 e. The zero-order chi connectivity index (χ0) is 21.9. The fraction of sp³-hybridized carbons (Fsp3) is 0.200. The number of nitro benzene ring substituents is 1.